The van der Waals surface area contributed by atoms with Crippen LogP contribution < -0.4 is 16.0 Å². The first-order chi connectivity index (χ1) is 11.5. The van der Waals surface area contributed by atoms with E-state index in [1.165, 1.54) is 5.56 Å². The molecule has 0 spiro atoms. The highest BCUT2D eigenvalue weighted by atomic mass is 16.5. The monoisotopic (exact) mass is 327 g/mol. The van der Waals surface area contributed by atoms with Crippen molar-refractivity contribution in [1.29, 1.82) is 0 Å². The molecule has 3 N–H and O–H groups in total. The normalized spacial score (nSPS) is 11.8. The van der Waals surface area contributed by atoms with Gasteiger partial charge in [0.25, 0.3) is 0 Å². The summed E-state index contributed by atoms with van der Waals surface area (Å²) < 4.78 is 5.36. The van der Waals surface area contributed by atoms with Crippen LogP contribution in [0.3, 0.4) is 0 Å². The number of ether oxygens (including phenoxy) is 1. The molecule has 0 saturated heterocycles. The Morgan fingerprint density at radius 1 is 1.21 bits per heavy atom. The number of hydrogen-bond donors (Lipinski definition) is 2. The third-order valence-electron chi connectivity index (χ3n) is 3.82. The topological polar surface area (TPSA) is 67.6 Å². The number of hydrogen-bond acceptors (Lipinski definition) is 4. The summed E-state index contributed by atoms with van der Waals surface area (Å²) in [6.45, 7) is 0.558. The van der Waals surface area contributed by atoms with Crippen molar-refractivity contribution in [1.82, 2.24) is 0 Å². The highest BCUT2D eigenvalue weighted by Crippen LogP contribution is 2.27. The Morgan fingerprint density at radius 2 is 1.92 bits per heavy atom. The van der Waals surface area contributed by atoms with Crippen molar-refractivity contribution in [2.45, 2.75) is 12.5 Å². The van der Waals surface area contributed by atoms with Crippen LogP contribution in [0.25, 0.3) is 0 Å². The van der Waals surface area contributed by atoms with Gasteiger partial charge in [-0.15, -0.1) is 0 Å². The summed E-state index contributed by atoms with van der Waals surface area (Å²) in [5.74, 6) is -0.435. The molecular formula is C19H25N3O2. The van der Waals surface area contributed by atoms with Gasteiger partial charge >= 0.3 is 0 Å². The van der Waals surface area contributed by atoms with Crippen LogP contribution in [0, 0.1) is 0 Å². The average molecular weight is 327 g/mol. The summed E-state index contributed by atoms with van der Waals surface area (Å²) in [6.07, 6.45) is 0.822. The molecule has 0 aromatic heterocycles. The molecule has 0 aliphatic rings. The van der Waals surface area contributed by atoms with E-state index in [0.717, 1.165) is 17.8 Å². The fourth-order valence-electron chi connectivity index (χ4n) is 2.67. The zero-order chi connectivity index (χ0) is 17.5. The lowest BCUT2D eigenvalue weighted by Crippen LogP contribution is -2.28. The van der Waals surface area contributed by atoms with Crippen molar-refractivity contribution < 1.29 is 9.53 Å². The molecule has 5 nitrogen and oxygen atoms in total. The van der Waals surface area contributed by atoms with Crippen LogP contribution in [-0.4, -0.2) is 39.8 Å². The molecule has 2 rings (SSSR count). The van der Waals surface area contributed by atoms with Gasteiger partial charge in [-0.25, -0.2) is 0 Å². The number of methoxy groups -OCH3 is 1. The molecule has 128 valence electrons. The predicted octanol–water partition coefficient (Wildman–Crippen LogP) is 2.52. The number of nitrogens with one attached hydrogen (secondary N) is 1. The SMILES string of the molecule is COC[C@H](Cc1ccccc1)Nc1cc(C(N)=O)ccc1N(C)C. The Bertz CT molecular complexity index is 672. The number of carbonyl (C=O) groups is 1. The first-order valence-electron chi connectivity index (χ1n) is 7.92. The van der Waals surface area contributed by atoms with E-state index in [4.69, 9.17) is 10.5 Å². The van der Waals surface area contributed by atoms with E-state index < -0.39 is 5.91 Å². The van der Waals surface area contributed by atoms with E-state index in [1.54, 1.807) is 19.2 Å². The van der Waals surface area contributed by atoms with Crippen LogP contribution in [0.15, 0.2) is 48.5 Å². The summed E-state index contributed by atoms with van der Waals surface area (Å²) >= 11 is 0. The zero-order valence-corrected chi connectivity index (χ0v) is 14.5. The Morgan fingerprint density at radius 3 is 2.50 bits per heavy atom. The summed E-state index contributed by atoms with van der Waals surface area (Å²) in [6, 6.07) is 15.8. The molecule has 0 aliphatic carbocycles. The van der Waals surface area contributed by atoms with E-state index in [1.807, 2.05) is 43.3 Å². The lowest BCUT2D eigenvalue weighted by Gasteiger charge is -2.24. The molecule has 0 heterocycles. The van der Waals surface area contributed by atoms with Gasteiger partial charge in [0, 0.05) is 26.8 Å². The van der Waals surface area contributed by atoms with Gasteiger partial charge in [-0.05, 0) is 30.2 Å². The smallest absolute Gasteiger partial charge is 0.248 e. The van der Waals surface area contributed by atoms with E-state index in [2.05, 4.69) is 17.4 Å². The zero-order valence-electron chi connectivity index (χ0n) is 14.5. The Balaban J connectivity index is 2.26. The van der Waals surface area contributed by atoms with E-state index in [-0.39, 0.29) is 6.04 Å². The van der Waals surface area contributed by atoms with Crippen molar-refractivity contribution in [3.63, 3.8) is 0 Å². The van der Waals surface area contributed by atoms with Gasteiger partial charge in [0.05, 0.1) is 24.0 Å². The van der Waals surface area contributed by atoms with Crippen LogP contribution in [0.1, 0.15) is 15.9 Å². The quantitative estimate of drug-likeness (QED) is 0.782. The number of rotatable bonds is 8. The number of amides is 1. The van der Waals surface area contributed by atoms with Gasteiger partial charge in [-0.1, -0.05) is 30.3 Å². The van der Waals surface area contributed by atoms with Gasteiger partial charge in [-0.3, -0.25) is 4.79 Å². The molecular weight excluding hydrogens is 302 g/mol. The maximum Gasteiger partial charge on any atom is 0.248 e. The number of benzene rings is 2. The van der Waals surface area contributed by atoms with Crippen LogP contribution in [0.4, 0.5) is 11.4 Å². The van der Waals surface area contributed by atoms with Crippen LogP contribution >= 0.6 is 0 Å². The van der Waals surface area contributed by atoms with E-state index in [9.17, 15) is 4.79 Å². The van der Waals surface area contributed by atoms with Crippen molar-refractivity contribution in [2.75, 3.05) is 38.0 Å². The van der Waals surface area contributed by atoms with Crippen molar-refractivity contribution in [2.24, 2.45) is 5.73 Å². The van der Waals surface area contributed by atoms with Gasteiger partial charge in [0.1, 0.15) is 0 Å². The number of nitrogens with zero attached hydrogens (tertiary/aromatic N) is 1. The second kappa shape index (κ2) is 8.36. The second-order valence-corrected chi connectivity index (χ2v) is 5.98. The van der Waals surface area contributed by atoms with Crippen molar-refractivity contribution >= 4 is 17.3 Å². The molecule has 0 fully saturated rings. The minimum absolute atomic E-state index is 0.0826. The van der Waals surface area contributed by atoms with Crippen LogP contribution in [-0.2, 0) is 11.2 Å². The molecule has 0 unspecified atom stereocenters. The van der Waals surface area contributed by atoms with Crippen LogP contribution in [0.5, 0.6) is 0 Å². The number of carbonyl (C=O) groups excluding carboxylic acids is 1. The fourth-order valence-corrected chi connectivity index (χ4v) is 2.67. The average Bonchev–Trinajstić information content (AvgIpc) is 2.55. The summed E-state index contributed by atoms with van der Waals surface area (Å²) in [5.41, 5.74) is 8.99. The summed E-state index contributed by atoms with van der Waals surface area (Å²) in [5, 5.41) is 3.50. The highest BCUT2D eigenvalue weighted by Gasteiger charge is 2.14. The largest absolute Gasteiger partial charge is 0.383 e. The van der Waals surface area contributed by atoms with Crippen molar-refractivity contribution in [3.8, 4) is 0 Å². The molecule has 2 aromatic rings. The van der Waals surface area contributed by atoms with Gasteiger partial charge in [-0.2, -0.15) is 0 Å². The molecule has 1 amide bonds. The van der Waals surface area contributed by atoms with Gasteiger partial charge in [0.15, 0.2) is 0 Å². The van der Waals surface area contributed by atoms with E-state index in [0.29, 0.717) is 12.2 Å². The second-order valence-electron chi connectivity index (χ2n) is 5.98. The standard InChI is InChI=1S/C19H25N3O2/c1-22(2)18-10-9-15(19(20)23)12-17(18)21-16(13-24-3)11-14-7-5-4-6-8-14/h4-10,12,16,21H,11,13H2,1-3H3,(H2,20,23)/t16-/m0/s1. The molecule has 24 heavy (non-hydrogen) atoms. The number of anilines is 2. The minimum atomic E-state index is -0.435. The summed E-state index contributed by atoms with van der Waals surface area (Å²) in [7, 11) is 5.62. The van der Waals surface area contributed by atoms with E-state index >= 15 is 0 Å². The molecule has 0 bridgehead atoms. The molecule has 0 saturated carbocycles. The lowest BCUT2D eigenvalue weighted by atomic mass is 10.1. The maximum atomic E-state index is 11.5. The van der Waals surface area contributed by atoms with Crippen LogP contribution in [0.2, 0.25) is 0 Å². The Labute approximate surface area is 143 Å². The molecule has 2 aromatic carbocycles. The first kappa shape index (κ1) is 17.8. The third-order valence-corrected chi connectivity index (χ3v) is 3.82. The third kappa shape index (κ3) is 4.73. The summed E-state index contributed by atoms with van der Waals surface area (Å²) in [4.78, 5) is 13.5. The minimum Gasteiger partial charge on any atom is -0.383 e. The molecule has 0 aliphatic heterocycles. The molecule has 0 radical (unpaired) electrons. The Hall–Kier alpha value is -2.53. The van der Waals surface area contributed by atoms with Gasteiger partial charge in [0.2, 0.25) is 5.91 Å². The fraction of sp³-hybridized carbons (Fsp3) is 0.316. The lowest BCUT2D eigenvalue weighted by molar-refractivity contribution is 0.100. The first-order valence-corrected chi connectivity index (χ1v) is 7.92. The maximum absolute atomic E-state index is 11.5. The highest BCUT2D eigenvalue weighted by molar-refractivity contribution is 5.95. The Kier molecular flexibility index (Phi) is 6.21. The molecule has 5 heteroatoms. The predicted molar refractivity (Wildman–Crippen MR) is 98.7 cm³/mol. The molecule has 1 atom stereocenters. The number of nitrogens with two attached hydrogens (primary N) is 1. The number of primary amides is 1. The van der Waals surface area contributed by atoms with Crippen molar-refractivity contribution in [3.05, 3.63) is 59.7 Å². The van der Waals surface area contributed by atoms with Gasteiger partial charge < -0.3 is 20.7 Å².